The Hall–Kier alpha value is -4.35. The molecule has 1 saturated carbocycles. The summed E-state index contributed by atoms with van der Waals surface area (Å²) in [4.78, 5) is 41.3. The van der Waals surface area contributed by atoms with Gasteiger partial charge in [-0.25, -0.2) is 4.79 Å². The van der Waals surface area contributed by atoms with Crippen molar-refractivity contribution in [3.8, 4) is 16.9 Å². The molecule has 0 bridgehead atoms. The van der Waals surface area contributed by atoms with Crippen LogP contribution in [0, 0.1) is 6.92 Å². The van der Waals surface area contributed by atoms with E-state index < -0.39 is 5.60 Å². The topological polar surface area (TPSA) is 127 Å². The van der Waals surface area contributed by atoms with Gasteiger partial charge in [0.15, 0.2) is 0 Å². The monoisotopic (exact) mass is 718 g/mol. The lowest BCUT2D eigenvalue weighted by Gasteiger charge is -2.39. The predicted molar refractivity (Wildman–Crippen MR) is 205 cm³/mol. The lowest BCUT2D eigenvalue weighted by atomic mass is 9.88. The summed E-state index contributed by atoms with van der Waals surface area (Å²) in [6.45, 7) is 16.6. The van der Waals surface area contributed by atoms with Crippen LogP contribution in [0.4, 0.5) is 10.5 Å². The molecule has 3 N–H and O–H groups in total. The Morgan fingerprint density at radius 1 is 0.942 bits per heavy atom. The zero-order chi connectivity index (χ0) is 37.8. The van der Waals surface area contributed by atoms with Crippen LogP contribution >= 0.6 is 0 Å². The Kier molecular flexibility index (Phi) is 14.7. The van der Waals surface area contributed by atoms with Crippen molar-refractivity contribution in [3.05, 3.63) is 70.4 Å². The number of hydrogen-bond donors (Lipinski definition) is 3. The van der Waals surface area contributed by atoms with E-state index in [4.69, 9.17) is 18.9 Å². The largest absolute Gasteiger partial charge is 0.491 e. The summed E-state index contributed by atoms with van der Waals surface area (Å²) >= 11 is 0. The van der Waals surface area contributed by atoms with Crippen LogP contribution in [-0.4, -0.2) is 82.2 Å². The zero-order valence-electron chi connectivity index (χ0n) is 32.3. The molecular formula is C41H58N4O7. The Morgan fingerprint density at radius 2 is 1.63 bits per heavy atom. The molecule has 0 radical (unpaired) electrons. The maximum Gasteiger partial charge on any atom is 0.407 e. The molecule has 0 atom stereocenters. The van der Waals surface area contributed by atoms with Crippen molar-refractivity contribution in [3.63, 3.8) is 0 Å². The molecule has 0 aromatic heterocycles. The van der Waals surface area contributed by atoms with E-state index in [9.17, 15) is 14.4 Å². The van der Waals surface area contributed by atoms with Crippen molar-refractivity contribution in [2.75, 3.05) is 51.5 Å². The molecule has 2 aromatic carbocycles. The van der Waals surface area contributed by atoms with Crippen molar-refractivity contribution in [2.45, 2.75) is 98.3 Å². The summed E-state index contributed by atoms with van der Waals surface area (Å²) in [5, 5.41) is 9.05. The normalized spacial score (nSPS) is 17.8. The van der Waals surface area contributed by atoms with Gasteiger partial charge in [0, 0.05) is 49.2 Å². The van der Waals surface area contributed by atoms with Crippen LogP contribution in [0.1, 0.15) is 89.6 Å². The van der Waals surface area contributed by atoms with E-state index in [-0.39, 0.29) is 43.0 Å². The number of nitrogens with zero attached hydrogens (tertiary/aromatic N) is 1. The Balaban J connectivity index is 1.58. The van der Waals surface area contributed by atoms with E-state index in [0.717, 1.165) is 77.2 Å². The van der Waals surface area contributed by atoms with Gasteiger partial charge in [-0.1, -0.05) is 12.1 Å². The van der Waals surface area contributed by atoms with Crippen LogP contribution in [0.25, 0.3) is 11.1 Å². The van der Waals surface area contributed by atoms with Crippen LogP contribution in [0.5, 0.6) is 5.75 Å². The van der Waals surface area contributed by atoms with Crippen LogP contribution in [0.15, 0.2) is 59.3 Å². The van der Waals surface area contributed by atoms with Gasteiger partial charge in [0.1, 0.15) is 18.0 Å². The fourth-order valence-electron chi connectivity index (χ4n) is 6.78. The molecule has 284 valence electrons. The Labute approximate surface area is 309 Å². The standard InChI is InChI=1S/C41H58N4O7/c1-9-45(34-14-12-33(13-15-34)44-40(48)52-41(5,6)7)37-24-31(30-10-16-35(17-11-30)51-21-20-50-19-18-49-8)23-36(29(37)4)39(47)42-26-32-25-38(46)43-28(3)22-27(32)2/h10-11,16-17,22-24,33-34H,9,12-15,18-21,25-26H2,1-8H3,(H,42,47)(H,43,46)(H,44,48). The molecule has 3 amide bonds. The molecule has 52 heavy (non-hydrogen) atoms. The quantitative estimate of drug-likeness (QED) is 0.171. The van der Waals surface area contributed by atoms with Gasteiger partial charge in [-0.3, -0.25) is 9.59 Å². The number of ether oxygens (including phenoxy) is 4. The first-order chi connectivity index (χ1) is 24.8. The van der Waals surface area contributed by atoms with Gasteiger partial charge in [-0.05, 0) is 132 Å². The Morgan fingerprint density at radius 3 is 2.29 bits per heavy atom. The number of methoxy groups -OCH3 is 1. The van der Waals surface area contributed by atoms with Gasteiger partial charge in [-0.2, -0.15) is 0 Å². The Bertz CT molecular complexity index is 1600. The van der Waals surface area contributed by atoms with Crippen molar-refractivity contribution in [1.82, 2.24) is 16.0 Å². The van der Waals surface area contributed by atoms with Crippen molar-refractivity contribution in [2.24, 2.45) is 0 Å². The fraction of sp³-hybridized carbons (Fsp3) is 0.537. The molecule has 0 saturated heterocycles. The average molecular weight is 719 g/mol. The molecule has 0 unspecified atom stereocenters. The number of hydrogen-bond acceptors (Lipinski definition) is 8. The molecule has 2 aromatic rings. The van der Waals surface area contributed by atoms with E-state index in [2.05, 4.69) is 33.8 Å². The number of carbonyl (C=O) groups excluding carboxylic acids is 3. The smallest absolute Gasteiger partial charge is 0.407 e. The van der Waals surface area contributed by atoms with Gasteiger partial charge in [0.2, 0.25) is 5.91 Å². The second-order valence-corrected chi connectivity index (χ2v) is 14.6. The van der Waals surface area contributed by atoms with E-state index in [1.54, 1.807) is 7.11 Å². The SMILES string of the molecule is CCN(c1cc(-c2ccc(OCCOCCOC)cc2)cc(C(=O)NCC2=C(C)C=C(C)NC(=O)C2)c1C)C1CCC(NC(=O)OC(C)(C)C)CC1. The van der Waals surface area contributed by atoms with Crippen molar-refractivity contribution >= 4 is 23.6 Å². The molecule has 2 aliphatic rings. The second-order valence-electron chi connectivity index (χ2n) is 14.6. The molecule has 1 fully saturated rings. The summed E-state index contributed by atoms with van der Waals surface area (Å²) in [6.07, 6.45) is 5.24. The van der Waals surface area contributed by atoms with Gasteiger partial charge in [-0.15, -0.1) is 0 Å². The fourth-order valence-corrected chi connectivity index (χ4v) is 6.78. The van der Waals surface area contributed by atoms with Crippen molar-refractivity contribution in [1.29, 1.82) is 0 Å². The van der Waals surface area contributed by atoms with Gasteiger partial charge < -0.3 is 39.8 Å². The maximum absolute atomic E-state index is 14.0. The highest BCUT2D eigenvalue weighted by Gasteiger charge is 2.29. The molecule has 11 heteroatoms. The third-order valence-electron chi connectivity index (χ3n) is 9.41. The number of rotatable bonds is 15. The lowest BCUT2D eigenvalue weighted by molar-refractivity contribution is -0.119. The molecule has 1 aliphatic heterocycles. The first kappa shape index (κ1) is 40.4. The zero-order valence-corrected chi connectivity index (χ0v) is 32.3. The molecule has 1 aliphatic carbocycles. The first-order valence-corrected chi connectivity index (χ1v) is 18.4. The molecule has 11 nitrogen and oxygen atoms in total. The number of carbonyl (C=O) groups is 3. The highest BCUT2D eigenvalue weighted by atomic mass is 16.6. The van der Waals surface area contributed by atoms with Crippen LogP contribution in [-0.2, 0) is 19.0 Å². The third kappa shape index (κ3) is 11.8. The molecule has 1 heterocycles. The number of amides is 3. The summed E-state index contributed by atoms with van der Waals surface area (Å²) in [6, 6.07) is 12.3. The first-order valence-electron chi connectivity index (χ1n) is 18.4. The van der Waals surface area contributed by atoms with Gasteiger partial charge >= 0.3 is 6.09 Å². The third-order valence-corrected chi connectivity index (χ3v) is 9.41. The van der Waals surface area contributed by atoms with Gasteiger partial charge in [0.25, 0.3) is 5.91 Å². The molecule has 0 spiro atoms. The maximum atomic E-state index is 14.0. The van der Waals surface area contributed by atoms with Crippen LogP contribution in [0.3, 0.4) is 0 Å². The van der Waals surface area contributed by atoms with E-state index in [1.165, 1.54) is 0 Å². The van der Waals surface area contributed by atoms with Crippen LogP contribution < -0.4 is 25.6 Å². The van der Waals surface area contributed by atoms with E-state index >= 15 is 0 Å². The predicted octanol–water partition coefficient (Wildman–Crippen LogP) is 6.84. The summed E-state index contributed by atoms with van der Waals surface area (Å²) in [7, 11) is 1.64. The number of nitrogens with one attached hydrogen (secondary N) is 3. The molecule has 4 rings (SSSR count). The van der Waals surface area contributed by atoms with Crippen molar-refractivity contribution < 1.29 is 33.3 Å². The minimum atomic E-state index is -0.546. The number of benzene rings is 2. The number of allylic oxidation sites excluding steroid dienone is 3. The van der Waals surface area contributed by atoms with Crippen LogP contribution in [0.2, 0.25) is 0 Å². The lowest BCUT2D eigenvalue weighted by Crippen LogP contribution is -2.45. The van der Waals surface area contributed by atoms with Gasteiger partial charge in [0.05, 0.1) is 26.2 Å². The average Bonchev–Trinajstić information content (AvgIpc) is 3.21. The summed E-state index contributed by atoms with van der Waals surface area (Å²) < 4.78 is 21.9. The number of anilines is 1. The molecular weight excluding hydrogens is 660 g/mol. The minimum Gasteiger partial charge on any atom is -0.491 e. The summed E-state index contributed by atoms with van der Waals surface area (Å²) in [5.41, 5.74) is 6.46. The highest BCUT2D eigenvalue weighted by molar-refractivity contribution is 5.99. The highest BCUT2D eigenvalue weighted by Crippen LogP contribution is 2.36. The van der Waals surface area contributed by atoms with E-state index in [1.807, 2.05) is 78.0 Å². The number of alkyl carbamates (subject to hydrolysis) is 1. The second kappa shape index (κ2) is 18.9. The summed E-state index contributed by atoms with van der Waals surface area (Å²) in [5.74, 6) is 0.452. The van der Waals surface area contributed by atoms with E-state index in [0.29, 0.717) is 32.0 Å². The minimum absolute atomic E-state index is 0.0543.